The molecule has 1 heterocycles. The normalized spacial score (nSPS) is 23.3. The highest BCUT2D eigenvalue weighted by Crippen LogP contribution is 2.35. The Morgan fingerprint density at radius 1 is 1.13 bits per heavy atom. The van der Waals surface area contributed by atoms with E-state index in [9.17, 15) is 10.1 Å². The van der Waals surface area contributed by atoms with Crippen LogP contribution in [-0.2, 0) is 26.7 Å². The van der Waals surface area contributed by atoms with Crippen LogP contribution in [0.15, 0.2) is 54.6 Å². The van der Waals surface area contributed by atoms with Crippen LogP contribution in [0, 0.1) is 11.3 Å². The third-order valence-electron chi connectivity index (χ3n) is 3.70. The van der Waals surface area contributed by atoms with Gasteiger partial charge in [-0.3, -0.25) is 9.53 Å². The van der Waals surface area contributed by atoms with E-state index in [0.717, 1.165) is 11.8 Å². The molecule has 23 heavy (non-hydrogen) atoms. The molecule has 3 rings (SSSR count). The molecule has 2 unspecified atom stereocenters. The van der Waals surface area contributed by atoms with Crippen molar-refractivity contribution in [1.29, 1.82) is 5.26 Å². The Balaban J connectivity index is 1.68. The van der Waals surface area contributed by atoms with E-state index in [1.54, 1.807) is 30.3 Å². The molecule has 0 aliphatic carbocycles. The summed E-state index contributed by atoms with van der Waals surface area (Å²) < 4.78 is 5.69. The van der Waals surface area contributed by atoms with E-state index < -0.39 is 12.1 Å². The molecule has 0 amide bonds. The van der Waals surface area contributed by atoms with Crippen molar-refractivity contribution in [3.8, 4) is 6.07 Å². The summed E-state index contributed by atoms with van der Waals surface area (Å²) in [6.45, 7) is 0. The number of aldehydes is 1. The monoisotopic (exact) mass is 309 g/mol. The molecule has 2 atom stereocenters. The van der Waals surface area contributed by atoms with Gasteiger partial charge in [0.1, 0.15) is 12.4 Å². The molecule has 2 aromatic carbocycles. The van der Waals surface area contributed by atoms with Crippen molar-refractivity contribution in [2.75, 3.05) is 0 Å². The molecule has 116 valence electrons. The molecule has 5 nitrogen and oxygen atoms in total. The Kier molecular flexibility index (Phi) is 4.49. The van der Waals surface area contributed by atoms with Crippen LogP contribution < -0.4 is 0 Å². The van der Waals surface area contributed by atoms with E-state index in [-0.39, 0.29) is 0 Å². The number of aryl methyl sites for hydroxylation is 1. The van der Waals surface area contributed by atoms with Crippen LogP contribution in [0.5, 0.6) is 0 Å². The molecule has 0 spiro atoms. The van der Waals surface area contributed by atoms with Gasteiger partial charge < -0.3 is 0 Å². The smallest absolute Gasteiger partial charge is 0.300 e. The number of hydrogen-bond donors (Lipinski definition) is 0. The molecule has 1 fully saturated rings. The van der Waals surface area contributed by atoms with Gasteiger partial charge in [-0.2, -0.15) is 15.0 Å². The van der Waals surface area contributed by atoms with Crippen molar-refractivity contribution in [2.24, 2.45) is 0 Å². The lowest BCUT2D eigenvalue weighted by atomic mass is 10.0. The average molecular weight is 309 g/mol. The second-order valence-corrected chi connectivity index (χ2v) is 5.18. The molecule has 1 aliphatic rings. The quantitative estimate of drug-likeness (QED) is 0.627. The maximum atomic E-state index is 11.0. The van der Waals surface area contributed by atoms with Gasteiger partial charge in [0.15, 0.2) is 6.29 Å². The van der Waals surface area contributed by atoms with Gasteiger partial charge in [-0.1, -0.05) is 54.6 Å². The van der Waals surface area contributed by atoms with Crippen molar-refractivity contribution in [1.82, 2.24) is 0 Å². The first-order chi connectivity index (χ1) is 11.3. The van der Waals surface area contributed by atoms with Gasteiger partial charge in [-0.05, 0) is 12.0 Å². The summed E-state index contributed by atoms with van der Waals surface area (Å²) in [6.07, 6.45) is 1.21. The molecule has 1 saturated heterocycles. The highest BCUT2D eigenvalue weighted by molar-refractivity contribution is 5.77. The second kappa shape index (κ2) is 6.71. The summed E-state index contributed by atoms with van der Waals surface area (Å²) in [6, 6.07) is 18.3. The first-order valence-corrected chi connectivity index (χ1v) is 7.29. The van der Waals surface area contributed by atoms with E-state index >= 15 is 0 Å². The molecule has 0 N–H and O–H groups in total. The van der Waals surface area contributed by atoms with Crippen LogP contribution in [-0.4, -0.2) is 12.6 Å². The predicted molar refractivity (Wildman–Crippen MR) is 80.9 cm³/mol. The van der Waals surface area contributed by atoms with Gasteiger partial charge in [0.2, 0.25) is 0 Å². The number of rotatable bonds is 5. The number of nitrogens with zero attached hydrogens (tertiary/aromatic N) is 1. The molecule has 2 aromatic rings. The third-order valence-corrected chi connectivity index (χ3v) is 3.70. The summed E-state index contributed by atoms with van der Waals surface area (Å²) in [4.78, 5) is 21.4. The first kappa shape index (κ1) is 15.4. The summed E-state index contributed by atoms with van der Waals surface area (Å²) in [5.41, 5.74) is 2.13. The fourth-order valence-electron chi connectivity index (χ4n) is 2.49. The summed E-state index contributed by atoms with van der Waals surface area (Å²) in [5.74, 6) is -1.55. The lowest BCUT2D eigenvalue weighted by molar-refractivity contribution is -0.319. The maximum absolute atomic E-state index is 11.0. The Morgan fingerprint density at radius 3 is 2.61 bits per heavy atom. The molecule has 0 aromatic heterocycles. The van der Waals surface area contributed by atoms with Crippen molar-refractivity contribution >= 4 is 6.29 Å². The summed E-state index contributed by atoms with van der Waals surface area (Å²) >= 11 is 0. The van der Waals surface area contributed by atoms with Crippen molar-refractivity contribution < 1.29 is 19.3 Å². The third kappa shape index (κ3) is 3.15. The van der Waals surface area contributed by atoms with Crippen LogP contribution in [0.3, 0.4) is 0 Å². The van der Waals surface area contributed by atoms with E-state index in [1.165, 1.54) is 0 Å². The van der Waals surface area contributed by atoms with Gasteiger partial charge in [0.05, 0.1) is 0 Å². The Morgan fingerprint density at radius 2 is 1.87 bits per heavy atom. The Bertz CT molecular complexity index is 725. The minimum atomic E-state index is -1.55. The van der Waals surface area contributed by atoms with Gasteiger partial charge in [0.25, 0.3) is 0 Å². The zero-order chi connectivity index (χ0) is 16.1. The van der Waals surface area contributed by atoms with Crippen LogP contribution in [0.1, 0.15) is 27.9 Å². The molecule has 0 bridgehead atoms. The Hall–Kier alpha value is -2.52. The number of ether oxygens (including phenoxy) is 1. The van der Waals surface area contributed by atoms with Gasteiger partial charge in [-0.25, -0.2) is 0 Å². The number of carbonyl (C=O) groups excluding carboxylic acids is 1. The topological polar surface area (TPSA) is 68.5 Å². The van der Waals surface area contributed by atoms with Gasteiger partial charge in [0, 0.05) is 17.5 Å². The lowest BCUT2D eigenvalue weighted by Gasteiger charge is -2.16. The van der Waals surface area contributed by atoms with Crippen LogP contribution >= 0.6 is 0 Å². The maximum Gasteiger partial charge on any atom is 0.318 e. The minimum absolute atomic E-state index is 0.473. The zero-order valence-electron chi connectivity index (χ0n) is 12.3. The highest BCUT2D eigenvalue weighted by Gasteiger charge is 2.45. The highest BCUT2D eigenvalue weighted by atomic mass is 17.3. The van der Waals surface area contributed by atoms with Crippen LogP contribution in [0.2, 0.25) is 0 Å². The fraction of sp³-hybridized carbons (Fsp3) is 0.222. The van der Waals surface area contributed by atoms with E-state index in [1.807, 2.05) is 30.3 Å². The zero-order valence-corrected chi connectivity index (χ0v) is 12.3. The van der Waals surface area contributed by atoms with E-state index in [0.29, 0.717) is 24.0 Å². The molecular weight excluding hydrogens is 294 g/mol. The van der Waals surface area contributed by atoms with E-state index in [4.69, 9.17) is 14.5 Å². The Labute approximate surface area is 133 Å². The molecule has 0 saturated carbocycles. The van der Waals surface area contributed by atoms with Gasteiger partial charge >= 0.3 is 5.79 Å². The first-order valence-electron chi connectivity index (χ1n) is 7.29. The van der Waals surface area contributed by atoms with Crippen LogP contribution in [0.4, 0.5) is 0 Å². The van der Waals surface area contributed by atoms with Crippen molar-refractivity contribution in [3.63, 3.8) is 0 Å². The fourth-order valence-corrected chi connectivity index (χ4v) is 2.49. The SMILES string of the molecule is N#CC1(c2ccccc2)OOC(CCc2ccccc2C=O)O1. The predicted octanol–water partition coefficient (Wildman–Crippen LogP) is 3.11. The summed E-state index contributed by atoms with van der Waals surface area (Å²) in [7, 11) is 0. The standard InChI is InChI=1S/C18H15NO4/c19-13-18(16-8-2-1-3-9-16)21-17(22-23-18)11-10-14-6-4-5-7-15(14)12-20/h1-9,12,17H,10-11H2. The van der Waals surface area contributed by atoms with Gasteiger partial charge in [-0.15, -0.1) is 0 Å². The molecule has 1 aliphatic heterocycles. The molecular formula is C18H15NO4. The largest absolute Gasteiger partial charge is 0.318 e. The average Bonchev–Trinajstić information content (AvgIpc) is 3.06. The number of nitriles is 1. The lowest BCUT2D eigenvalue weighted by Crippen LogP contribution is -2.26. The van der Waals surface area contributed by atoms with Crippen molar-refractivity contribution in [2.45, 2.75) is 24.9 Å². The van der Waals surface area contributed by atoms with Crippen molar-refractivity contribution in [3.05, 3.63) is 71.3 Å². The number of benzene rings is 2. The van der Waals surface area contributed by atoms with E-state index in [2.05, 4.69) is 0 Å². The number of carbonyl (C=O) groups is 1. The number of hydrogen-bond acceptors (Lipinski definition) is 5. The second-order valence-electron chi connectivity index (χ2n) is 5.18. The minimum Gasteiger partial charge on any atom is -0.300 e. The molecule has 0 radical (unpaired) electrons. The summed E-state index contributed by atoms with van der Waals surface area (Å²) in [5, 5.41) is 9.43. The molecule has 5 heteroatoms. The van der Waals surface area contributed by atoms with Crippen LogP contribution in [0.25, 0.3) is 0 Å².